The molecule has 0 saturated carbocycles. The Bertz CT molecular complexity index is 524. The Hall–Kier alpha value is -1.35. The second-order valence-corrected chi connectivity index (χ2v) is 5.41. The average molecular weight is 243 g/mol. The summed E-state index contributed by atoms with van der Waals surface area (Å²) in [4.78, 5) is 4.43. The van der Waals surface area contributed by atoms with Gasteiger partial charge in [0, 0.05) is 7.05 Å². The molecule has 1 aliphatic heterocycles. The summed E-state index contributed by atoms with van der Waals surface area (Å²) < 4.78 is 2.08. The lowest BCUT2D eigenvalue weighted by molar-refractivity contribution is 0.354. The van der Waals surface area contributed by atoms with Crippen LogP contribution in [-0.2, 0) is 13.5 Å². The zero-order valence-corrected chi connectivity index (χ0v) is 11.0. The minimum Gasteiger partial charge on any atom is -0.334 e. The number of nitrogens with one attached hydrogen (secondary N) is 1. The molecule has 1 aromatic carbocycles. The van der Waals surface area contributed by atoms with Gasteiger partial charge in [-0.25, -0.2) is 4.98 Å². The Balaban J connectivity index is 1.66. The third kappa shape index (κ3) is 2.41. The largest absolute Gasteiger partial charge is 0.334 e. The number of piperidine rings is 1. The predicted octanol–water partition coefficient (Wildman–Crippen LogP) is 2.51. The molecule has 3 rings (SSSR count). The van der Waals surface area contributed by atoms with Gasteiger partial charge in [0.15, 0.2) is 0 Å². The second kappa shape index (κ2) is 5.11. The van der Waals surface area contributed by atoms with E-state index in [0.717, 1.165) is 11.4 Å². The van der Waals surface area contributed by atoms with Gasteiger partial charge in [-0.1, -0.05) is 6.07 Å². The van der Waals surface area contributed by atoms with Crippen LogP contribution < -0.4 is 5.32 Å². The third-order valence-corrected chi connectivity index (χ3v) is 4.09. The van der Waals surface area contributed by atoms with Crippen LogP contribution in [0.5, 0.6) is 0 Å². The molecule has 18 heavy (non-hydrogen) atoms. The van der Waals surface area contributed by atoms with Crippen LogP contribution in [0.25, 0.3) is 11.0 Å². The molecule has 1 aromatic heterocycles. The Morgan fingerprint density at radius 2 is 2.17 bits per heavy atom. The maximum absolute atomic E-state index is 4.43. The van der Waals surface area contributed by atoms with E-state index >= 15 is 0 Å². The van der Waals surface area contributed by atoms with Gasteiger partial charge in [0.05, 0.1) is 17.4 Å². The van der Waals surface area contributed by atoms with Crippen molar-refractivity contribution < 1.29 is 0 Å². The van der Waals surface area contributed by atoms with Gasteiger partial charge < -0.3 is 9.88 Å². The van der Waals surface area contributed by atoms with Crippen LogP contribution >= 0.6 is 0 Å². The van der Waals surface area contributed by atoms with Crippen molar-refractivity contribution >= 4 is 11.0 Å². The van der Waals surface area contributed by atoms with Crippen molar-refractivity contribution in [2.45, 2.75) is 25.7 Å². The highest BCUT2D eigenvalue weighted by molar-refractivity contribution is 5.75. The van der Waals surface area contributed by atoms with Crippen molar-refractivity contribution in [3.8, 4) is 0 Å². The van der Waals surface area contributed by atoms with E-state index in [2.05, 4.69) is 33.1 Å². The number of aryl methyl sites for hydroxylation is 2. The Kier molecular flexibility index (Phi) is 3.33. The van der Waals surface area contributed by atoms with Crippen molar-refractivity contribution in [2.75, 3.05) is 13.1 Å². The van der Waals surface area contributed by atoms with Gasteiger partial charge in [0.2, 0.25) is 0 Å². The fourth-order valence-corrected chi connectivity index (χ4v) is 2.88. The molecule has 0 amide bonds. The van der Waals surface area contributed by atoms with E-state index in [1.54, 1.807) is 0 Å². The summed E-state index contributed by atoms with van der Waals surface area (Å²) in [7, 11) is 2.05. The first-order valence-corrected chi connectivity index (χ1v) is 6.93. The van der Waals surface area contributed by atoms with Crippen LogP contribution in [0.15, 0.2) is 24.5 Å². The second-order valence-electron chi connectivity index (χ2n) is 5.41. The summed E-state index contributed by atoms with van der Waals surface area (Å²) >= 11 is 0. The van der Waals surface area contributed by atoms with Crippen LogP contribution in [-0.4, -0.2) is 22.6 Å². The van der Waals surface area contributed by atoms with Gasteiger partial charge >= 0.3 is 0 Å². The molecule has 1 N–H and O–H groups in total. The van der Waals surface area contributed by atoms with Crippen molar-refractivity contribution in [3.05, 3.63) is 30.1 Å². The number of imidazole rings is 1. The van der Waals surface area contributed by atoms with E-state index in [1.165, 1.54) is 49.9 Å². The predicted molar refractivity (Wildman–Crippen MR) is 74.6 cm³/mol. The van der Waals surface area contributed by atoms with Crippen LogP contribution in [0, 0.1) is 5.92 Å². The first-order chi connectivity index (χ1) is 8.83. The highest BCUT2D eigenvalue weighted by atomic mass is 15.0. The quantitative estimate of drug-likeness (QED) is 0.897. The number of hydrogen-bond donors (Lipinski definition) is 1. The molecule has 2 heterocycles. The van der Waals surface area contributed by atoms with Crippen LogP contribution in [0.4, 0.5) is 0 Å². The maximum atomic E-state index is 4.43. The molecule has 0 bridgehead atoms. The van der Waals surface area contributed by atoms with Gasteiger partial charge in [-0.3, -0.25) is 0 Å². The molecule has 0 unspecified atom stereocenters. The van der Waals surface area contributed by atoms with Crippen LogP contribution in [0.3, 0.4) is 0 Å². The van der Waals surface area contributed by atoms with E-state index in [9.17, 15) is 0 Å². The molecular formula is C15H21N3. The van der Waals surface area contributed by atoms with Gasteiger partial charge in [0.1, 0.15) is 0 Å². The van der Waals surface area contributed by atoms with Gasteiger partial charge in [0.25, 0.3) is 0 Å². The summed E-state index contributed by atoms with van der Waals surface area (Å²) in [5.41, 5.74) is 3.78. The highest BCUT2D eigenvalue weighted by Gasteiger charge is 2.12. The van der Waals surface area contributed by atoms with Crippen LogP contribution in [0.2, 0.25) is 0 Å². The number of aromatic nitrogens is 2. The van der Waals surface area contributed by atoms with E-state index in [1.807, 2.05) is 13.4 Å². The van der Waals surface area contributed by atoms with Crippen molar-refractivity contribution in [3.63, 3.8) is 0 Å². The van der Waals surface area contributed by atoms with E-state index in [-0.39, 0.29) is 0 Å². The molecule has 1 aliphatic rings. The van der Waals surface area contributed by atoms with Crippen molar-refractivity contribution in [1.29, 1.82) is 0 Å². The molecule has 1 fully saturated rings. The first-order valence-electron chi connectivity index (χ1n) is 6.93. The minimum atomic E-state index is 0.908. The Morgan fingerprint density at radius 3 is 3.00 bits per heavy atom. The lowest BCUT2D eigenvalue weighted by atomic mass is 9.91. The zero-order chi connectivity index (χ0) is 12.4. The maximum Gasteiger partial charge on any atom is 0.0955 e. The molecule has 0 radical (unpaired) electrons. The fraction of sp³-hybridized carbons (Fsp3) is 0.533. The van der Waals surface area contributed by atoms with E-state index < -0.39 is 0 Å². The monoisotopic (exact) mass is 243 g/mol. The van der Waals surface area contributed by atoms with Crippen molar-refractivity contribution in [1.82, 2.24) is 14.9 Å². The first kappa shape index (κ1) is 11.7. The number of hydrogen-bond acceptors (Lipinski definition) is 2. The third-order valence-electron chi connectivity index (χ3n) is 4.09. The summed E-state index contributed by atoms with van der Waals surface area (Å²) in [6.07, 6.45) is 7.08. The van der Waals surface area contributed by atoms with E-state index in [4.69, 9.17) is 0 Å². The molecule has 3 heteroatoms. The summed E-state index contributed by atoms with van der Waals surface area (Å²) in [5.74, 6) is 0.908. The molecule has 2 aromatic rings. The summed E-state index contributed by atoms with van der Waals surface area (Å²) in [6, 6.07) is 6.70. The molecule has 0 atom stereocenters. The number of nitrogens with zero attached hydrogens (tertiary/aromatic N) is 2. The summed E-state index contributed by atoms with van der Waals surface area (Å²) in [6.45, 7) is 2.40. The Morgan fingerprint density at radius 1 is 1.33 bits per heavy atom. The summed E-state index contributed by atoms with van der Waals surface area (Å²) in [5, 5.41) is 3.43. The Labute approximate surface area is 108 Å². The number of fused-ring (bicyclic) bond motifs is 1. The van der Waals surface area contributed by atoms with Gasteiger partial charge in [-0.2, -0.15) is 0 Å². The molecule has 1 saturated heterocycles. The molecule has 3 nitrogen and oxygen atoms in total. The normalized spacial score (nSPS) is 17.4. The lowest BCUT2D eigenvalue weighted by Gasteiger charge is -2.22. The van der Waals surface area contributed by atoms with Gasteiger partial charge in [-0.15, -0.1) is 0 Å². The van der Waals surface area contributed by atoms with Crippen LogP contribution in [0.1, 0.15) is 24.8 Å². The van der Waals surface area contributed by atoms with Crippen molar-refractivity contribution in [2.24, 2.45) is 13.0 Å². The number of rotatable bonds is 3. The van der Waals surface area contributed by atoms with E-state index in [0.29, 0.717) is 0 Å². The molecular weight excluding hydrogens is 222 g/mol. The van der Waals surface area contributed by atoms with Gasteiger partial charge in [-0.05, 0) is 62.4 Å². The topological polar surface area (TPSA) is 29.9 Å². The fourth-order valence-electron chi connectivity index (χ4n) is 2.88. The highest BCUT2D eigenvalue weighted by Crippen LogP contribution is 2.20. The molecule has 0 aliphatic carbocycles. The number of benzene rings is 1. The average Bonchev–Trinajstić information content (AvgIpc) is 2.79. The molecule has 96 valence electrons. The smallest absolute Gasteiger partial charge is 0.0955 e. The zero-order valence-electron chi connectivity index (χ0n) is 11.0. The minimum absolute atomic E-state index is 0.908. The molecule has 0 spiro atoms. The lowest BCUT2D eigenvalue weighted by Crippen LogP contribution is -2.27. The SMILES string of the molecule is Cn1cnc2cc(CCC3CCNCC3)ccc21. The standard InChI is InChI=1S/C15H21N3/c1-18-11-17-14-10-13(4-5-15(14)18)3-2-12-6-8-16-9-7-12/h4-5,10-12,16H,2-3,6-9H2,1H3.